The molecule has 2 saturated heterocycles. The van der Waals surface area contributed by atoms with Gasteiger partial charge in [0.2, 0.25) is 11.8 Å². The number of hydrogen-bond acceptors (Lipinski definition) is 4. The smallest absolute Gasteiger partial charge is 0.326 e. The summed E-state index contributed by atoms with van der Waals surface area (Å²) in [5.74, 6) is -2.12. The number of carboxylic acids is 2. The van der Waals surface area contributed by atoms with Crippen LogP contribution in [0.4, 0.5) is 0 Å². The average molecular weight is 330 g/mol. The van der Waals surface area contributed by atoms with Gasteiger partial charge in [0, 0.05) is 12.8 Å². The molecule has 2 aliphatic rings. The van der Waals surface area contributed by atoms with Gasteiger partial charge in [-0.2, -0.15) is 0 Å². The molecule has 124 valence electrons. The van der Waals surface area contributed by atoms with Crippen LogP contribution in [0.1, 0.15) is 25.7 Å². The summed E-state index contributed by atoms with van der Waals surface area (Å²) in [6, 6.07) is -0.641. The van der Waals surface area contributed by atoms with E-state index in [1.54, 1.807) is 0 Å². The van der Waals surface area contributed by atoms with E-state index in [9.17, 15) is 19.2 Å². The van der Waals surface area contributed by atoms with E-state index >= 15 is 0 Å². The fourth-order valence-electron chi connectivity index (χ4n) is 2.51. The normalized spacial score (nSPS) is 27.5. The predicted octanol–water partition coefficient (Wildman–Crippen LogP) is -0.0532. The Morgan fingerprint density at radius 2 is 1.73 bits per heavy atom. The van der Waals surface area contributed by atoms with Crippen LogP contribution >= 0.6 is 0 Å². The molecule has 0 aliphatic carbocycles. The second-order valence-electron chi connectivity index (χ2n) is 6.51. The number of aliphatic carboxylic acids is 2. The maximum absolute atomic E-state index is 11.1. The van der Waals surface area contributed by atoms with E-state index in [4.69, 9.17) is 10.2 Å². The van der Waals surface area contributed by atoms with Crippen molar-refractivity contribution < 1.29 is 29.4 Å². The van der Waals surface area contributed by atoms with Crippen LogP contribution in [0.2, 0.25) is 19.6 Å². The summed E-state index contributed by atoms with van der Waals surface area (Å²) in [4.78, 5) is 42.7. The maximum atomic E-state index is 11.1. The summed E-state index contributed by atoms with van der Waals surface area (Å²) in [6.45, 7) is 5.90. The average Bonchev–Trinajstić information content (AvgIpc) is 2.96. The van der Waals surface area contributed by atoms with Crippen molar-refractivity contribution in [1.29, 1.82) is 0 Å². The molecule has 2 atom stereocenters. The van der Waals surface area contributed by atoms with Gasteiger partial charge in [0.15, 0.2) is 0 Å². The molecule has 9 heteroatoms. The Balaban J connectivity index is 0.000000235. The third-order valence-corrected chi connectivity index (χ3v) is 7.17. The Morgan fingerprint density at radius 1 is 1.14 bits per heavy atom. The number of rotatable bonds is 3. The van der Waals surface area contributed by atoms with Crippen LogP contribution in [0.15, 0.2) is 0 Å². The fourth-order valence-corrected chi connectivity index (χ4v) is 4.54. The van der Waals surface area contributed by atoms with E-state index in [-0.39, 0.29) is 11.8 Å². The second-order valence-corrected chi connectivity index (χ2v) is 11.9. The van der Waals surface area contributed by atoms with Crippen molar-refractivity contribution in [2.24, 2.45) is 0 Å². The predicted molar refractivity (Wildman–Crippen MR) is 79.9 cm³/mol. The van der Waals surface area contributed by atoms with Gasteiger partial charge in [0.1, 0.15) is 11.2 Å². The number of carboxylic acid groups (broad SMARTS) is 2. The molecular formula is C13H22N2O6Si. The highest BCUT2D eigenvalue weighted by Crippen LogP contribution is 2.30. The molecule has 2 heterocycles. The minimum Gasteiger partial charge on any atom is -0.480 e. The fraction of sp³-hybridized carbons (Fsp3) is 0.692. The van der Waals surface area contributed by atoms with Gasteiger partial charge in [-0.1, -0.05) is 19.6 Å². The molecule has 22 heavy (non-hydrogen) atoms. The third kappa shape index (κ3) is 3.84. The van der Waals surface area contributed by atoms with Crippen LogP contribution in [0.25, 0.3) is 0 Å². The maximum Gasteiger partial charge on any atom is 0.326 e. The number of carbonyl (C=O) groups is 4. The first-order valence-electron chi connectivity index (χ1n) is 7.06. The summed E-state index contributed by atoms with van der Waals surface area (Å²) in [5, 5.41) is 21.5. The molecule has 0 saturated carbocycles. The Labute approximate surface area is 129 Å². The molecular weight excluding hydrogens is 308 g/mol. The first kappa shape index (κ1) is 18.1. The molecule has 4 N–H and O–H groups in total. The van der Waals surface area contributed by atoms with Crippen molar-refractivity contribution in [1.82, 2.24) is 10.6 Å². The molecule has 2 aliphatic heterocycles. The minimum atomic E-state index is -1.91. The Kier molecular flexibility index (Phi) is 5.33. The van der Waals surface area contributed by atoms with Gasteiger partial charge in [-0.15, -0.1) is 0 Å². The molecule has 0 bridgehead atoms. The standard InChI is InChI=1S/C8H15NO3Si.C5H7NO3/c1-13(2,3)8(7(11)12)5-4-6(10)9-8;7-4-2-1-3(6-4)5(8)9/h4-5H2,1-3H3,(H,9,10)(H,11,12);3H,1-2H2,(H,6,7)(H,8,9)/t8-;3-/m10/s1. The number of amides is 2. The van der Waals surface area contributed by atoms with Gasteiger partial charge in [0.25, 0.3) is 0 Å². The molecule has 0 aromatic rings. The lowest BCUT2D eigenvalue weighted by Crippen LogP contribution is -2.64. The number of hydrogen-bond donors (Lipinski definition) is 4. The van der Waals surface area contributed by atoms with Crippen LogP contribution < -0.4 is 10.6 Å². The topological polar surface area (TPSA) is 133 Å². The van der Waals surface area contributed by atoms with Gasteiger partial charge < -0.3 is 20.8 Å². The lowest BCUT2D eigenvalue weighted by molar-refractivity contribution is -0.142. The van der Waals surface area contributed by atoms with Crippen LogP contribution in [-0.4, -0.2) is 53.2 Å². The van der Waals surface area contributed by atoms with Crippen molar-refractivity contribution >= 4 is 31.8 Å². The van der Waals surface area contributed by atoms with Crippen molar-refractivity contribution in [2.45, 2.75) is 56.5 Å². The highest BCUT2D eigenvalue weighted by Gasteiger charge is 2.54. The molecule has 0 spiro atoms. The summed E-state index contributed by atoms with van der Waals surface area (Å²) < 4.78 is 0. The summed E-state index contributed by atoms with van der Waals surface area (Å²) >= 11 is 0. The molecule has 8 nitrogen and oxygen atoms in total. The Hall–Kier alpha value is -1.90. The first-order valence-corrected chi connectivity index (χ1v) is 10.6. The van der Waals surface area contributed by atoms with Crippen LogP contribution in [0.5, 0.6) is 0 Å². The molecule has 0 radical (unpaired) electrons. The molecule has 0 aromatic heterocycles. The van der Waals surface area contributed by atoms with E-state index in [1.165, 1.54) is 0 Å². The molecule has 2 fully saturated rings. The lowest BCUT2D eigenvalue weighted by Gasteiger charge is -2.35. The van der Waals surface area contributed by atoms with Crippen molar-refractivity contribution in [3.8, 4) is 0 Å². The van der Waals surface area contributed by atoms with Crippen LogP contribution in [0.3, 0.4) is 0 Å². The van der Waals surface area contributed by atoms with E-state index in [0.717, 1.165) is 0 Å². The molecule has 0 unspecified atom stereocenters. The zero-order valence-corrected chi connectivity index (χ0v) is 13.9. The minimum absolute atomic E-state index is 0.134. The van der Waals surface area contributed by atoms with E-state index in [2.05, 4.69) is 10.6 Å². The van der Waals surface area contributed by atoms with Crippen molar-refractivity contribution in [2.75, 3.05) is 0 Å². The molecule has 2 rings (SSSR count). The van der Waals surface area contributed by atoms with Gasteiger partial charge in [-0.3, -0.25) is 14.4 Å². The Bertz CT molecular complexity index is 501. The van der Waals surface area contributed by atoms with Crippen molar-refractivity contribution in [3.05, 3.63) is 0 Å². The molecule has 0 aromatic carbocycles. The van der Waals surface area contributed by atoms with Gasteiger partial charge in [0.05, 0.1) is 8.07 Å². The second kappa shape index (κ2) is 6.47. The highest BCUT2D eigenvalue weighted by atomic mass is 28.3. The van der Waals surface area contributed by atoms with Gasteiger partial charge in [-0.25, -0.2) is 4.79 Å². The third-order valence-electron chi connectivity index (χ3n) is 4.02. The monoisotopic (exact) mass is 330 g/mol. The highest BCUT2D eigenvalue weighted by molar-refractivity contribution is 6.82. The quantitative estimate of drug-likeness (QED) is 0.536. The van der Waals surface area contributed by atoms with Crippen LogP contribution in [-0.2, 0) is 19.2 Å². The first-order chi connectivity index (χ1) is 9.99. The van der Waals surface area contributed by atoms with E-state index in [0.29, 0.717) is 25.7 Å². The Morgan fingerprint density at radius 3 is 1.91 bits per heavy atom. The summed E-state index contributed by atoms with van der Waals surface area (Å²) in [6.07, 6.45) is 1.55. The number of carbonyl (C=O) groups excluding carboxylic acids is 2. The summed E-state index contributed by atoms with van der Waals surface area (Å²) in [5.41, 5.74) is 0. The SMILES string of the molecule is C[Si](C)(C)[C@@]1(C(=O)O)CCC(=O)N1.O=C1CC[C@@H](C(=O)O)N1. The lowest BCUT2D eigenvalue weighted by atomic mass is 10.2. The van der Waals surface area contributed by atoms with E-state index < -0.39 is 31.2 Å². The van der Waals surface area contributed by atoms with Gasteiger partial charge >= 0.3 is 11.9 Å². The van der Waals surface area contributed by atoms with Crippen molar-refractivity contribution in [3.63, 3.8) is 0 Å². The zero-order valence-electron chi connectivity index (χ0n) is 12.9. The zero-order chi connectivity index (χ0) is 17.1. The summed E-state index contributed by atoms with van der Waals surface area (Å²) in [7, 11) is -1.91. The van der Waals surface area contributed by atoms with Gasteiger partial charge in [-0.05, 0) is 12.8 Å². The van der Waals surface area contributed by atoms with E-state index in [1.807, 2.05) is 19.6 Å². The van der Waals surface area contributed by atoms with Crippen LogP contribution in [0, 0.1) is 0 Å². The number of nitrogens with one attached hydrogen (secondary N) is 2. The molecule has 2 amide bonds. The largest absolute Gasteiger partial charge is 0.480 e.